The van der Waals surface area contributed by atoms with E-state index in [9.17, 15) is 4.79 Å². The Morgan fingerprint density at radius 3 is 2.78 bits per heavy atom. The predicted octanol–water partition coefficient (Wildman–Crippen LogP) is 3.80. The summed E-state index contributed by atoms with van der Waals surface area (Å²) in [5.41, 5.74) is 0.824. The van der Waals surface area contributed by atoms with Crippen LogP contribution in [0.1, 0.15) is 36.5 Å². The van der Waals surface area contributed by atoms with E-state index in [1.54, 1.807) is 0 Å². The third kappa shape index (κ3) is 3.52. The second-order valence-electron chi connectivity index (χ2n) is 4.65. The van der Waals surface area contributed by atoms with Crippen LogP contribution >= 0.6 is 11.8 Å². The Hall–Kier alpha value is -0.960. The lowest BCUT2D eigenvalue weighted by atomic mass is 9.97. The lowest BCUT2D eigenvalue weighted by Crippen LogP contribution is -2.13. The summed E-state index contributed by atoms with van der Waals surface area (Å²) >= 11 is 1.88. The third-order valence-corrected chi connectivity index (χ3v) is 4.37. The molecule has 1 aliphatic rings. The molecule has 1 aliphatic heterocycles. The number of unbranched alkanes of at least 4 members (excludes halogenated alkanes) is 1. The highest BCUT2D eigenvalue weighted by Crippen LogP contribution is 2.27. The van der Waals surface area contributed by atoms with Crippen LogP contribution < -0.4 is 4.74 Å². The standard InChI is InChI=1S/C15H20O2S/c1-2-3-9-17-14-6-4-12(5-7-14)15(16)13-8-10-18-11-13/h4-7,13H,2-3,8-11H2,1H3. The second kappa shape index (κ2) is 6.83. The van der Waals surface area contributed by atoms with Gasteiger partial charge in [0.15, 0.2) is 5.78 Å². The average molecular weight is 264 g/mol. The van der Waals surface area contributed by atoms with Crippen molar-refractivity contribution in [3.05, 3.63) is 29.8 Å². The van der Waals surface area contributed by atoms with E-state index in [4.69, 9.17) is 4.74 Å². The van der Waals surface area contributed by atoms with E-state index in [1.165, 1.54) is 0 Å². The summed E-state index contributed by atoms with van der Waals surface area (Å²) in [5.74, 6) is 3.48. The van der Waals surface area contributed by atoms with Gasteiger partial charge in [-0.1, -0.05) is 13.3 Å². The van der Waals surface area contributed by atoms with Crippen LogP contribution in [0.4, 0.5) is 0 Å². The Morgan fingerprint density at radius 2 is 2.17 bits per heavy atom. The number of hydrogen-bond donors (Lipinski definition) is 0. The Labute approximate surface area is 113 Å². The van der Waals surface area contributed by atoms with Crippen LogP contribution in [-0.4, -0.2) is 23.9 Å². The van der Waals surface area contributed by atoms with Crippen molar-refractivity contribution in [2.45, 2.75) is 26.2 Å². The number of carbonyl (C=O) groups is 1. The summed E-state index contributed by atoms with van der Waals surface area (Å²) < 4.78 is 5.59. The van der Waals surface area contributed by atoms with Gasteiger partial charge in [0.2, 0.25) is 0 Å². The molecule has 0 radical (unpaired) electrons. The molecule has 0 amide bonds. The summed E-state index contributed by atoms with van der Waals surface area (Å²) in [4.78, 5) is 12.2. The summed E-state index contributed by atoms with van der Waals surface area (Å²) in [6.07, 6.45) is 3.23. The van der Waals surface area contributed by atoms with Gasteiger partial charge < -0.3 is 4.74 Å². The van der Waals surface area contributed by atoms with Crippen LogP contribution in [0.5, 0.6) is 5.75 Å². The fourth-order valence-corrected chi connectivity index (χ4v) is 3.25. The molecule has 1 heterocycles. The quantitative estimate of drug-likeness (QED) is 0.577. The number of Topliss-reactive ketones (excluding diaryl/α,β-unsaturated/α-hetero) is 1. The molecule has 0 saturated carbocycles. The minimum atomic E-state index is 0.224. The highest BCUT2D eigenvalue weighted by Gasteiger charge is 2.24. The normalized spacial score (nSPS) is 18.8. The van der Waals surface area contributed by atoms with Crippen LogP contribution in [0, 0.1) is 5.92 Å². The van der Waals surface area contributed by atoms with Crippen LogP contribution in [0.2, 0.25) is 0 Å². The topological polar surface area (TPSA) is 26.3 Å². The maximum Gasteiger partial charge on any atom is 0.166 e. The molecule has 1 fully saturated rings. The van der Waals surface area contributed by atoms with Crippen molar-refractivity contribution >= 4 is 17.5 Å². The molecule has 2 rings (SSSR count). The molecule has 18 heavy (non-hydrogen) atoms. The van der Waals surface area contributed by atoms with E-state index in [0.717, 1.165) is 48.7 Å². The number of hydrogen-bond acceptors (Lipinski definition) is 3. The summed E-state index contributed by atoms with van der Waals surface area (Å²) in [5, 5.41) is 0. The van der Waals surface area contributed by atoms with Crippen LogP contribution in [-0.2, 0) is 0 Å². The van der Waals surface area contributed by atoms with Gasteiger partial charge >= 0.3 is 0 Å². The fraction of sp³-hybridized carbons (Fsp3) is 0.533. The van der Waals surface area contributed by atoms with E-state index >= 15 is 0 Å². The van der Waals surface area contributed by atoms with Crippen LogP contribution in [0.25, 0.3) is 0 Å². The van der Waals surface area contributed by atoms with Crippen molar-refractivity contribution in [2.75, 3.05) is 18.1 Å². The highest BCUT2D eigenvalue weighted by atomic mass is 32.2. The molecular weight excluding hydrogens is 244 g/mol. The number of benzene rings is 1. The molecule has 1 aromatic carbocycles. The molecule has 0 spiro atoms. The first-order chi connectivity index (χ1) is 8.81. The zero-order chi connectivity index (χ0) is 12.8. The third-order valence-electron chi connectivity index (χ3n) is 3.21. The Kier molecular flexibility index (Phi) is 5.12. The molecule has 0 N–H and O–H groups in total. The monoisotopic (exact) mass is 264 g/mol. The number of ketones is 1. The summed E-state index contributed by atoms with van der Waals surface area (Å²) in [6.45, 7) is 2.90. The first-order valence-electron chi connectivity index (χ1n) is 6.66. The van der Waals surface area contributed by atoms with Gasteiger partial charge in [0.05, 0.1) is 6.61 Å². The molecule has 1 saturated heterocycles. The fourth-order valence-electron chi connectivity index (χ4n) is 2.03. The highest BCUT2D eigenvalue weighted by molar-refractivity contribution is 7.99. The number of thioether (sulfide) groups is 1. The Balaban J connectivity index is 1.92. The maximum atomic E-state index is 12.2. The van der Waals surface area contributed by atoms with Crippen LogP contribution in [0.15, 0.2) is 24.3 Å². The van der Waals surface area contributed by atoms with Crippen molar-refractivity contribution in [1.82, 2.24) is 0 Å². The molecule has 3 heteroatoms. The minimum absolute atomic E-state index is 0.224. The van der Waals surface area contributed by atoms with Crippen molar-refractivity contribution in [3.8, 4) is 5.75 Å². The zero-order valence-electron chi connectivity index (χ0n) is 10.9. The SMILES string of the molecule is CCCCOc1ccc(C(=O)C2CCSC2)cc1. The Bertz CT molecular complexity index is 380. The molecule has 2 nitrogen and oxygen atoms in total. The van der Waals surface area contributed by atoms with Crippen molar-refractivity contribution in [3.63, 3.8) is 0 Å². The van der Waals surface area contributed by atoms with Gasteiger partial charge in [-0.3, -0.25) is 4.79 Å². The molecule has 1 atom stereocenters. The van der Waals surface area contributed by atoms with Gasteiger partial charge in [-0.2, -0.15) is 11.8 Å². The van der Waals surface area contributed by atoms with Gasteiger partial charge in [0, 0.05) is 17.2 Å². The average Bonchev–Trinajstić information content (AvgIpc) is 2.93. The van der Waals surface area contributed by atoms with Gasteiger partial charge in [0.25, 0.3) is 0 Å². The number of ether oxygens (including phenoxy) is 1. The maximum absolute atomic E-state index is 12.2. The lowest BCUT2D eigenvalue weighted by molar-refractivity contribution is 0.0933. The van der Waals surface area contributed by atoms with Crippen molar-refractivity contribution in [2.24, 2.45) is 5.92 Å². The molecular formula is C15H20O2S. The molecule has 1 unspecified atom stereocenters. The molecule has 0 bridgehead atoms. The second-order valence-corrected chi connectivity index (χ2v) is 5.80. The smallest absolute Gasteiger partial charge is 0.166 e. The van der Waals surface area contributed by atoms with Gasteiger partial charge in [-0.25, -0.2) is 0 Å². The molecule has 0 aliphatic carbocycles. The van der Waals surface area contributed by atoms with Crippen LogP contribution in [0.3, 0.4) is 0 Å². The van der Waals surface area contributed by atoms with Crippen molar-refractivity contribution < 1.29 is 9.53 Å². The zero-order valence-corrected chi connectivity index (χ0v) is 11.7. The van der Waals surface area contributed by atoms with E-state index in [-0.39, 0.29) is 5.92 Å². The lowest BCUT2D eigenvalue weighted by Gasteiger charge is -2.09. The molecule has 1 aromatic rings. The number of rotatable bonds is 6. The van der Waals surface area contributed by atoms with Gasteiger partial charge in [0.1, 0.15) is 5.75 Å². The predicted molar refractivity (Wildman–Crippen MR) is 76.6 cm³/mol. The largest absolute Gasteiger partial charge is 0.494 e. The Morgan fingerprint density at radius 1 is 1.39 bits per heavy atom. The van der Waals surface area contributed by atoms with E-state index in [2.05, 4.69) is 6.92 Å². The molecule has 98 valence electrons. The first kappa shape index (κ1) is 13.5. The summed E-state index contributed by atoms with van der Waals surface area (Å²) in [6, 6.07) is 7.61. The molecule has 0 aromatic heterocycles. The van der Waals surface area contributed by atoms with Gasteiger partial charge in [-0.05, 0) is 42.9 Å². The van der Waals surface area contributed by atoms with E-state index in [0.29, 0.717) is 5.78 Å². The first-order valence-corrected chi connectivity index (χ1v) is 7.81. The van der Waals surface area contributed by atoms with Gasteiger partial charge in [-0.15, -0.1) is 0 Å². The number of carbonyl (C=O) groups excluding carboxylic acids is 1. The van der Waals surface area contributed by atoms with Crippen molar-refractivity contribution in [1.29, 1.82) is 0 Å². The summed E-state index contributed by atoms with van der Waals surface area (Å²) in [7, 11) is 0. The minimum Gasteiger partial charge on any atom is -0.494 e. The van der Waals surface area contributed by atoms with E-state index in [1.807, 2.05) is 36.0 Å². The van der Waals surface area contributed by atoms with E-state index < -0.39 is 0 Å².